The number of hydrogen-bond donors (Lipinski definition) is 2. The van der Waals surface area contributed by atoms with E-state index in [2.05, 4.69) is 34.3 Å². The van der Waals surface area contributed by atoms with Gasteiger partial charge in [0.2, 0.25) is 10.7 Å². The van der Waals surface area contributed by atoms with Crippen LogP contribution in [-0.2, 0) is 6.42 Å². The summed E-state index contributed by atoms with van der Waals surface area (Å²) in [4.78, 5) is 25.4. The molecule has 0 fully saturated rings. The van der Waals surface area contributed by atoms with E-state index in [0.29, 0.717) is 16.6 Å². The second-order valence-electron chi connectivity index (χ2n) is 4.49. The number of pyridine rings is 1. The lowest BCUT2D eigenvalue weighted by atomic mass is 10.1. The largest absolute Gasteiger partial charge is 0.329 e. The summed E-state index contributed by atoms with van der Waals surface area (Å²) in [5.41, 5.74) is -0.0187. The Balaban J connectivity index is 2.07. The number of aromatic nitrogens is 3. The summed E-state index contributed by atoms with van der Waals surface area (Å²) in [6.45, 7) is 4.19. The highest BCUT2D eigenvalue weighted by molar-refractivity contribution is 7.15. The van der Waals surface area contributed by atoms with Crippen molar-refractivity contribution in [2.24, 2.45) is 5.92 Å². The smallest absolute Gasteiger partial charge is 0.257 e. The van der Waals surface area contributed by atoms with Gasteiger partial charge in [-0.3, -0.25) is 14.9 Å². The highest BCUT2D eigenvalue weighted by atomic mass is 32.1. The maximum absolute atomic E-state index is 11.9. The topological polar surface area (TPSA) is 87.7 Å². The highest BCUT2D eigenvalue weighted by Gasteiger charge is 2.11. The number of nitrogens with one attached hydrogen (secondary N) is 2. The predicted molar refractivity (Wildman–Crippen MR) is 73.5 cm³/mol. The Labute approximate surface area is 113 Å². The Morgan fingerprint density at radius 3 is 2.95 bits per heavy atom. The molecule has 0 aliphatic rings. The Morgan fingerprint density at radius 2 is 2.26 bits per heavy atom. The number of rotatable bonds is 4. The van der Waals surface area contributed by atoms with Crippen molar-refractivity contribution in [3.63, 3.8) is 0 Å². The van der Waals surface area contributed by atoms with E-state index < -0.39 is 0 Å². The number of carbonyl (C=O) groups is 1. The summed E-state index contributed by atoms with van der Waals surface area (Å²) in [7, 11) is 0. The number of anilines is 1. The fourth-order valence-electron chi connectivity index (χ4n) is 1.49. The van der Waals surface area contributed by atoms with Crippen molar-refractivity contribution in [1.82, 2.24) is 15.2 Å². The molecule has 0 aliphatic carbocycles. The van der Waals surface area contributed by atoms with Crippen LogP contribution < -0.4 is 10.9 Å². The third-order valence-corrected chi connectivity index (χ3v) is 3.17. The Morgan fingerprint density at radius 1 is 1.47 bits per heavy atom. The van der Waals surface area contributed by atoms with Crippen molar-refractivity contribution in [3.05, 3.63) is 39.3 Å². The van der Waals surface area contributed by atoms with Crippen molar-refractivity contribution in [3.8, 4) is 0 Å². The van der Waals surface area contributed by atoms with Crippen LogP contribution in [0.2, 0.25) is 0 Å². The van der Waals surface area contributed by atoms with E-state index in [0.717, 1.165) is 11.4 Å². The number of hydrogen-bond acceptors (Lipinski definition) is 5. The average molecular weight is 278 g/mol. The zero-order valence-corrected chi connectivity index (χ0v) is 11.5. The molecule has 2 heterocycles. The molecule has 0 bridgehead atoms. The molecule has 0 atom stereocenters. The van der Waals surface area contributed by atoms with Crippen molar-refractivity contribution in [1.29, 1.82) is 0 Å². The highest BCUT2D eigenvalue weighted by Crippen LogP contribution is 2.18. The van der Waals surface area contributed by atoms with Crippen LogP contribution in [0.25, 0.3) is 0 Å². The molecule has 1 amide bonds. The van der Waals surface area contributed by atoms with Gasteiger partial charge in [0.1, 0.15) is 5.01 Å². The molecule has 2 rings (SSSR count). The predicted octanol–water partition coefficient (Wildman–Crippen LogP) is 1.68. The van der Waals surface area contributed by atoms with Gasteiger partial charge in [-0.2, -0.15) is 0 Å². The van der Waals surface area contributed by atoms with Gasteiger partial charge < -0.3 is 4.98 Å². The van der Waals surface area contributed by atoms with Gasteiger partial charge in [-0.25, -0.2) is 0 Å². The van der Waals surface area contributed by atoms with Crippen molar-refractivity contribution >= 4 is 22.4 Å². The molecule has 0 saturated carbocycles. The van der Waals surface area contributed by atoms with E-state index in [1.807, 2.05) is 0 Å². The van der Waals surface area contributed by atoms with Crippen LogP contribution in [0.15, 0.2) is 23.1 Å². The summed E-state index contributed by atoms with van der Waals surface area (Å²) in [6.07, 6.45) is 2.26. The van der Waals surface area contributed by atoms with Crippen LogP contribution >= 0.6 is 11.3 Å². The third kappa shape index (κ3) is 3.72. The Kier molecular flexibility index (Phi) is 4.06. The van der Waals surface area contributed by atoms with Gasteiger partial charge in [0.25, 0.3) is 5.91 Å². The van der Waals surface area contributed by atoms with Crippen LogP contribution in [0.3, 0.4) is 0 Å². The number of H-pyrrole nitrogens is 1. The fraction of sp³-hybridized carbons (Fsp3) is 0.333. The first-order valence-electron chi connectivity index (χ1n) is 5.87. The second kappa shape index (κ2) is 5.75. The first-order chi connectivity index (χ1) is 9.04. The summed E-state index contributed by atoms with van der Waals surface area (Å²) in [5, 5.41) is 11.9. The van der Waals surface area contributed by atoms with Crippen LogP contribution in [0.1, 0.15) is 29.2 Å². The zero-order chi connectivity index (χ0) is 13.8. The summed E-state index contributed by atoms with van der Waals surface area (Å²) in [5.74, 6) is 0.127. The van der Waals surface area contributed by atoms with Gasteiger partial charge in [0.05, 0.1) is 0 Å². The molecule has 0 spiro atoms. The molecule has 6 nitrogen and oxygen atoms in total. The van der Waals surface area contributed by atoms with E-state index in [-0.39, 0.29) is 11.5 Å². The van der Waals surface area contributed by atoms with Crippen molar-refractivity contribution in [2.75, 3.05) is 5.32 Å². The summed E-state index contributed by atoms with van der Waals surface area (Å²) in [6, 6.07) is 2.78. The van der Waals surface area contributed by atoms with Gasteiger partial charge in [-0.1, -0.05) is 25.2 Å². The van der Waals surface area contributed by atoms with E-state index in [4.69, 9.17) is 0 Å². The first kappa shape index (κ1) is 13.4. The lowest BCUT2D eigenvalue weighted by Crippen LogP contribution is -2.15. The lowest BCUT2D eigenvalue weighted by Gasteiger charge is -2.00. The minimum Gasteiger partial charge on any atom is -0.329 e. The first-order valence-corrected chi connectivity index (χ1v) is 6.68. The molecule has 19 heavy (non-hydrogen) atoms. The number of carbonyl (C=O) groups excluding carboxylic acids is 1. The molecule has 0 saturated heterocycles. The molecule has 0 radical (unpaired) electrons. The maximum atomic E-state index is 11.9. The van der Waals surface area contributed by atoms with E-state index in [1.165, 1.54) is 29.7 Å². The van der Waals surface area contributed by atoms with Gasteiger partial charge in [0, 0.05) is 24.2 Å². The molecular formula is C12H14N4O2S. The van der Waals surface area contributed by atoms with E-state index in [9.17, 15) is 9.59 Å². The number of aromatic amines is 1. The van der Waals surface area contributed by atoms with Gasteiger partial charge >= 0.3 is 0 Å². The third-order valence-electron chi connectivity index (χ3n) is 2.31. The van der Waals surface area contributed by atoms with Crippen molar-refractivity contribution in [2.45, 2.75) is 20.3 Å². The Hall–Kier alpha value is -2.02. The van der Waals surface area contributed by atoms with Crippen LogP contribution in [0, 0.1) is 5.92 Å². The zero-order valence-electron chi connectivity index (χ0n) is 10.6. The van der Waals surface area contributed by atoms with Crippen LogP contribution in [-0.4, -0.2) is 21.1 Å². The molecule has 2 N–H and O–H groups in total. The standard InChI is InChI=1S/C12H14N4O2S/c1-7(2)5-10-15-16-12(19-10)14-11(18)8-3-4-13-9(17)6-8/h3-4,6-7H,5H2,1-2H3,(H,13,17)(H,14,16,18). The maximum Gasteiger partial charge on any atom is 0.257 e. The summed E-state index contributed by atoms with van der Waals surface area (Å²) >= 11 is 1.35. The van der Waals surface area contributed by atoms with Gasteiger partial charge in [-0.05, 0) is 12.0 Å². The van der Waals surface area contributed by atoms with E-state index in [1.54, 1.807) is 0 Å². The van der Waals surface area contributed by atoms with Crippen LogP contribution in [0.5, 0.6) is 0 Å². The van der Waals surface area contributed by atoms with E-state index >= 15 is 0 Å². The molecule has 100 valence electrons. The SMILES string of the molecule is CC(C)Cc1nnc(NC(=O)c2cc[nH]c(=O)c2)s1. The van der Waals surface area contributed by atoms with Crippen molar-refractivity contribution < 1.29 is 4.79 Å². The quantitative estimate of drug-likeness (QED) is 0.890. The minimum absolute atomic E-state index is 0.296. The van der Waals surface area contributed by atoms with Gasteiger partial charge in [-0.15, -0.1) is 10.2 Å². The summed E-state index contributed by atoms with van der Waals surface area (Å²) < 4.78 is 0. The normalized spacial score (nSPS) is 10.7. The molecule has 7 heteroatoms. The second-order valence-corrected chi connectivity index (χ2v) is 5.56. The van der Waals surface area contributed by atoms with Gasteiger partial charge in [0.15, 0.2) is 0 Å². The molecular weight excluding hydrogens is 264 g/mol. The number of amides is 1. The average Bonchev–Trinajstić information content (AvgIpc) is 2.75. The van der Waals surface area contributed by atoms with Crippen LogP contribution in [0.4, 0.5) is 5.13 Å². The molecule has 2 aromatic heterocycles. The minimum atomic E-state index is -0.363. The molecule has 0 aromatic carbocycles. The molecule has 2 aromatic rings. The monoisotopic (exact) mass is 278 g/mol. The Bertz CT molecular complexity index is 632. The molecule has 0 unspecified atom stereocenters. The number of nitrogens with zero attached hydrogens (tertiary/aromatic N) is 2. The fourth-order valence-corrected chi connectivity index (χ4v) is 2.44. The molecule has 0 aliphatic heterocycles. The lowest BCUT2D eigenvalue weighted by molar-refractivity contribution is 0.102.